The van der Waals surface area contributed by atoms with E-state index in [2.05, 4.69) is 5.32 Å². The van der Waals surface area contributed by atoms with Crippen LogP contribution in [0.4, 0.5) is 35.9 Å². The Hall–Kier alpha value is -3.81. The Bertz CT molecular complexity index is 1360. The van der Waals surface area contributed by atoms with Gasteiger partial charge >= 0.3 is 24.4 Å². The van der Waals surface area contributed by atoms with Crippen LogP contribution in [0.1, 0.15) is 60.5 Å². The number of halogens is 6. The molecular formula is C31H34F6N4O4. The molecule has 8 nitrogen and oxygen atoms in total. The number of urea groups is 2. The van der Waals surface area contributed by atoms with E-state index < -0.39 is 41.7 Å². The predicted molar refractivity (Wildman–Crippen MR) is 150 cm³/mol. The van der Waals surface area contributed by atoms with Gasteiger partial charge in [0.25, 0.3) is 0 Å². The topological polar surface area (TPSA) is 82.2 Å². The second-order valence-electron chi connectivity index (χ2n) is 11.7. The summed E-state index contributed by atoms with van der Waals surface area (Å²) in [7, 11) is 0. The molecule has 1 unspecified atom stereocenters. The highest BCUT2D eigenvalue weighted by Gasteiger charge is 2.40. The number of ether oxygens (including phenoxy) is 1. The summed E-state index contributed by atoms with van der Waals surface area (Å²) in [5.74, 6) is -0.795. The van der Waals surface area contributed by atoms with Crippen molar-refractivity contribution < 1.29 is 45.5 Å². The summed E-state index contributed by atoms with van der Waals surface area (Å²) in [6.07, 6.45) is -10.4. The Morgan fingerprint density at radius 1 is 0.867 bits per heavy atom. The van der Waals surface area contributed by atoms with Gasteiger partial charge in [-0.15, -0.1) is 0 Å². The average Bonchev–Trinajstić information content (AvgIpc) is 3.45. The van der Waals surface area contributed by atoms with Gasteiger partial charge in [0, 0.05) is 51.1 Å². The molecule has 3 atom stereocenters. The van der Waals surface area contributed by atoms with Crippen LogP contribution >= 0.6 is 0 Å². The number of hydrogen-bond acceptors (Lipinski definition) is 4. The van der Waals surface area contributed by atoms with Gasteiger partial charge in [0.15, 0.2) is 0 Å². The van der Waals surface area contributed by atoms with Gasteiger partial charge in [0.1, 0.15) is 0 Å². The van der Waals surface area contributed by atoms with Crippen molar-refractivity contribution in [2.75, 3.05) is 39.3 Å². The molecule has 3 aliphatic rings. The first-order valence-electron chi connectivity index (χ1n) is 14.8. The number of benzene rings is 2. The highest BCUT2D eigenvalue weighted by molar-refractivity contribution is 5.95. The van der Waals surface area contributed by atoms with Gasteiger partial charge in [-0.2, -0.15) is 26.3 Å². The third-order valence-electron chi connectivity index (χ3n) is 8.75. The number of amides is 5. The largest absolute Gasteiger partial charge is 0.416 e. The van der Waals surface area contributed by atoms with Crippen LogP contribution in [-0.4, -0.2) is 78.0 Å². The van der Waals surface area contributed by atoms with Gasteiger partial charge in [-0.3, -0.25) is 4.79 Å². The van der Waals surface area contributed by atoms with Crippen LogP contribution in [0.2, 0.25) is 0 Å². The van der Waals surface area contributed by atoms with Crippen LogP contribution in [0.15, 0.2) is 48.5 Å². The van der Waals surface area contributed by atoms with Crippen molar-refractivity contribution in [3.63, 3.8) is 0 Å². The van der Waals surface area contributed by atoms with Crippen molar-refractivity contribution >= 4 is 18.0 Å². The van der Waals surface area contributed by atoms with Crippen molar-refractivity contribution in [1.29, 1.82) is 0 Å². The maximum absolute atomic E-state index is 13.6. The molecule has 3 fully saturated rings. The van der Waals surface area contributed by atoms with E-state index in [0.29, 0.717) is 64.1 Å². The maximum atomic E-state index is 13.6. The number of hydrogen-bond donors (Lipinski definition) is 1. The van der Waals surface area contributed by atoms with Crippen LogP contribution in [0.3, 0.4) is 0 Å². The molecule has 244 valence electrons. The monoisotopic (exact) mass is 640 g/mol. The first kappa shape index (κ1) is 32.6. The standard InChI is InChI=1S/C31H34F6N4O4/c1-19(22-15-23(30(32,33)34)17-24(16-22)31(35,36)37)45-26-9-13-40(18-25(26)20-5-3-2-4-6-20)27(42)21-7-11-39(12-8-21)29(44)41-14-10-38-28(41)43/h2-6,15-17,19,21,25-26H,7-14,18H2,1H3,(H,38,43)/t19?,25-,26-/m0/s1. The minimum Gasteiger partial charge on any atom is -0.370 e. The zero-order valence-electron chi connectivity index (χ0n) is 24.5. The zero-order chi connectivity index (χ0) is 32.5. The number of likely N-dealkylation sites (tertiary alicyclic amines) is 2. The fourth-order valence-electron chi connectivity index (χ4n) is 6.27. The number of alkyl halides is 6. The number of carbonyl (C=O) groups is 3. The van der Waals surface area contributed by atoms with Crippen LogP contribution < -0.4 is 5.32 Å². The van der Waals surface area contributed by atoms with Crippen molar-refractivity contribution in [3.05, 3.63) is 70.8 Å². The Kier molecular flexibility index (Phi) is 9.33. The molecule has 0 saturated carbocycles. The number of carbonyl (C=O) groups excluding carboxylic acids is 3. The van der Waals surface area contributed by atoms with E-state index in [-0.39, 0.29) is 41.9 Å². The summed E-state index contributed by atoms with van der Waals surface area (Å²) in [4.78, 5) is 42.7. The molecule has 3 heterocycles. The number of piperidine rings is 2. The van der Waals surface area contributed by atoms with Crippen LogP contribution in [-0.2, 0) is 21.9 Å². The molecule has 3 saturated heterocycles. The lowest BCUT2D eigenvalue weighted by Crippen LogP contribution is -2.52. The number of rotatable bonds is 5. The number of imide groups is 1. The molecule has 5 amide bonds. The molecule has 14 heteroatoms. The summed E-state index contributed by atoms with van der Waals surface area (Å²) in [5, 5.41) is 2.60. The fraction of sp³-hybridized carbons (Fsp3) is 0.516. The zero-order valence-corrected chi connectivity index (χ0v) is 24.5. The quantitative estimate of drug-likeness (QED) is 0.404. The fourth-order valence-corrected chi connectivity index (χ4v) is 6.27. The molecule has 45 heavy (non-hydrogen) atoms. The smallest absolute Gasteiger partial charge is 0.370 e. The normalized spacial score (nSPS) is 22.4. The first-order chi connectivity index (χ1) is 21.2. The SMILES string of the molecule is CC(O[C@H]1CCN(C(=O)C2CCN(C(=O)N3CCNC3=O)CC2)C[C@H]1c1ccccc1)c1cc(C(F)(F)F)cc(C(F)(F)F)c1. The summed E-state index contributed by atoms with van der Waals surface area (Å²) in [5.41, 5.74) is -2.22. The Morgan fingerprint density at radius 2 is 1.47 bits per heavy atom. The summed E-state index contributed by atoms with van der Waals surface area (Å²) in [6.45, 7) is 3.33. The maximum Gasteiger partial charge on any atom is 0.416 e. The van der Waals surface area contributed by atoms with E-state index in [1.54, 1.807) is 9.80 Å². The lowest BCUT2D eigenvalue weighted by molar-refractivity contribution is -0.143. The molecule has 0 radical (unpaired) electrons. The van der Waals surface area contributed by atoms with Crippen molar-refractivity contribution in [2.24, 2.45) is 5.92 Å². The van der Waals surface area contributed by atoms with Gasteiger partial charge in [-0.05, 0) is 55.5 Å². The van der Waals surface area contributed by atoms with Gasteiger partial charge in [0.05, 0.1) is 23.3 Å². The molecule has 0 bridgehead atoms. The van der Waals surface area contributed by atoms with Crippen LogP contribution in [0.5, 0.6) is 0 Å². The third-order valence-corrected chi connectivity index (χ3v) is 8.75. The van der Waals surface area contributed by atoms with Gasteiger partial charge in [-0.1, -0.05) is 30.3 Å². The van der Waals surface area contributed by atoms with E-state index in [1.807, 2.05) is 30.3 Å². The second kappa shape index (κ2) is 12.9. The van der Waals surface area contributed by atoms with Gasteiger partial charge in [0.2, 0.25) is 5.91 Å². The summed E-state index contributed by atoms with van der Waals surface area (Å²) >= 11 is 0. The molecule has 0 aromatic heterocycles. The molecule has 2 aromatic carbocycles. The van der Waals surface area contributed by atoms with E-state index in [4.69, 9.17) is 4.74 Å². The summed E-state index contributed by atoms with van der Waals surface area (Å²) < 4.78 is 87.1. The number of nitrogens with one attached hydrogen (secondary N) is 1. The third kappa shape index (κ3) is 7.37. The molecule has 2 aromatic rings. The lowest BCUT2D eigenvalue weighted by Gasteiger charge is -2.42. The van der Waals surface area contributed by atoms with Crippen molar-refractivity contribution in [1.82, 2.24) is 20.0 Å². The highest BCUT2D eigenvalue weighted by Crippen LogP contribution is 2.40. The first-order valence-corrected chi connectivity index (χ1v) is 14.8. The molecule has 1 N–H and O–H groups in total. The van der Waals surface area contributed by atoms with Crippen LogP contribution in [0, 0.1) is 5.92 Å². The van der Waals surface area contributed by atoms with Gasteiger partial charge in [-0.25, -0.2) is 14.5 Å². The van der Waals surface area contributed by atoms with E-state index >= 15 is 0 Å². The highest BCUT2D eigenvalue weighted by atomic mass is 19.4. The van der Waals surface area contributed by atoms with Crippen LogP contribution in [0.25, 0.3) is 0 Å². The molecular weight excluding hydrogens is 606 g/mol. The predicted octanol–water partition coefficient (Wildman–Crippen LogP) is 6.04. The molecule has 3 aliphatic heterocycles. The average molecular weight is 641 g/mol. The van der Waals surface area contributed by atoms with E-state index in [9.17, 15) is 40.7 Å². The van der Waals surface area contributed by atoms with Gasteiger partial charge < -0.3 is 19.9 Å². The number of nitrogens with zero attached hydrogens (tertiary/aromatic N) is 3. The second-order valence-corrected chi connectivity index (χ2v) is 11.7. The molecule has 0 spiro atoms. The Balaban J connectivity index is 1.28. The van der Waals surface area contributed by atoms with E-state index in [1.165, 1.54) is 6.92 Å². The minimum atomic E-state index is -4.97. The Labute approximate surface area is 256 Å². The lowest BCUT2D eigenvalue weighted by atomic mass is 9.86. The van der Waals surface area contributed by atoms with E-state index in [0.717, 1.165) is 10.5 Å². The molecule has 0 aliphatic carbocycles. The van der Waals surface area contributed by atoms with Crippen molar-refractivity contribution in [2.45, 2.75) is 56.7 Å². The van der Waals surface area contributed by atoms with Crippen molar-refractivity contribution in [3.8, 4) is 0 Å². The minimum absolute atomic E-state index is 0.0823. The molecule has 5 rings (SSSR count). The summed E-state index contributed by atoms with van der Waals surface area (Å²) in [6, 6.07) is 9.79. The Morgan fingerprint density at radius 3 is 2.02 bits per heavy atom.